The van der Waals surface area contributed by atoms with Gasteiger partial charge in [-0.15, -0.1) is 0 Å². The highest BCUT2D eigenvalue weighted by atomic mass is 16.4. The van der Waals surface area contributed by atoms with Gasteiger partial charge in [-0.3, -0.25) is 9.36 Å². The molecule has 0 saturated carbocycles. The maximum Gasteiger partial charge on any atom is 0.420 e. The fourth-order valence-electron chi connectivity index (χ4n) is 3.09. The van der Waals surface area contributed by atoms with Crippen molar-refractivity contribution in [1.29, 1.82) is 0 Å². The molecule has 0 aliphatic carbocycles. The SMILES string of the molecule is Cc1cccc(C(C)(C)CNC(=O)C(C)n2c(=O)oc3ccccc32)c1. The summed E-state index contributed by atoms with van der Waals surface area (Å²) in [4.78, 5) is 24.8. The third kappa shape index (κ3) is 3.43. The van der Waals surface area contributed by atoms with E-state index in [1.807, 2.05) is 12.1 Å². The molecule has 0 spiro atoms. The van der Waals surface area contributed by atoms with E-state index in [1.54, 1.807) is 25.1 Å². The van der Waals surface area contributed by atoms with E-state index in [1.165, 1.54) is 10.1 Å². The number of nitrogens with zero attached hydrogens (tertiary/aromatic N) is 1. The standard InChI is InChI=1S/C21H24N2O3/c1-14-8-7-9-16(12-14)21(3,4)13-22-19(24)15(2)23-17-10-5-6-11-18(17)26-20(23)25/h5-12,15H,13H2,1-4H3,(H,22,24). The summed E-state index contributed by atoms with van der Waals surface area (Å²) >= 11 is 0. The summed E-state index contributed by atoms with van der Waals surface area (Å²) in [7, 11) is 0. The Morgan fingerprint density at radius 1 is 1.19 bits per heavy atom. The molecule has 2 aromatic carbocycles. The lowest BCUT2D eigenvalue weighted by Gasteiger charge is -2.27. The molecule has 1 heterocycles. The van der Waals surface area contributed by atoms with Gasteiger partial charge in [-0.25, -0.2) is 4.79 Å². The first-order valence-corrected chi connectivity index (χ1v) is 8.74. The number of hydrogen-bond acceptors (Lipinski definition) is 3. The zero-order valence-corrected chi connectivity index (χ0v) is 15.6. The van der Waals surface area contributed by atoms with Crippen LogP contribution in [0.1, 0.15) is 37.9 Å². The second-order valence-corrected chi connectivity index (χ2v) is 7.35. The first-order valence-electron chi connectivity index (χ1n) is 8.74. The Hall–Kier alpha value is -2.82. The second kappa shape index (κ2) is 6.83. The minimum atomic E-state index is -0.653. The van der Waals surface area contributed by atoms with E-state index in [2.05, 4.69) is 44.3 Å². The number of para-hydroxylation sites is 2. The summed E-state index contributed by atoms with van der Waals surface area (Å²) in [6, 6.07) is 14.7. The van der Waals surface area contributed by atoms with Gasteiger partial charge in [0.1, 0.15) is 6.04 Å². The van der Waals surface area contributed by atoms with Crippen molar-refractivity contribution in [1.82, 2.24) is 9.88 Å². The van der Waals surface area contributed by atoms with Crippen molar-refractivity contribution in [3.05, 3.63) is 70.2 Å². The van der Waals surface area contributed by atoms with Gasteiger partial charge in [0.05, 0.1) is 5.52 Å². The molecule has 0 radical (unpaired) electrons. The minimum Gasteiger partial charge on any atom is -0.408 e. The van der Waals surface area contributed by atoms with Crippen LogP contribution in [0.3, 0.4) is 0 Å². The zero-order chi connectivity index (χ0) is 18.9. The van der Waals surface area contributed by atoms with Crippen LogP contribution in [0.2, 0.25) is 0 Å². The van der Waals surface area contributed by atoms with Crippen molar-refractivity contribution in [3.8, 4) is 0 Å². The number of aryl methyl sites for hydroxylation is 1. The third-order valence-corrected chi connectivity index (χ3v) is 4.79. The summed E-state index contributed by atoms with van der Waals surface area (Å²) in [5.41, 5.74) is 3.24. The zero-order valence-electron chi connectivity index (χ0n) is 15.6. The second-order valence-electron chi connectivity index (χ2n) is 7.35. The van der Waals surface area contributed by atoms with Crippen molar-refractivity contribution in [3.63, 3.8) is 0 Å². The van der Waals surface area contributed by atoms with Gasteiger partial charge in [-0.1, -0.05) is 55.8 Å². The predicted octanol–water partition coefficient (Wildman–Crippen LogP) is 3.56. The molecule has 1 atom stereocenters. The predicted molar refractivity (Wildman–Crippen MR) is 102 cm³/mol. The molecule has 0 aliphatic heterocycles. The molecule has 5 heteroatoms. The summed E-state index contributed by atoms with van der Waals surface area (Å²) in [6.45, 7) is 8.41. The van der Waals surface area contributed by atoms with Gasteiger partial charge < -0.3 is 9.73 Å². The number of benzene rings is 2. The van der Waals surface area contributed by atoms with Gasteiger partial charge >= 0.3 is 5.76 Å². The molecule has 26 heavy (non-hydrogen) atoms. The highest BCUT2D eigenvalue weighted by Crippen LogP contribution is 2.23. The van der Waals surface area contributed by atoms with E-state index in [4.69, 9.17) is 4.42 Å². The molecule has 0 bridgehead atoms. The Morgan fingerprint density at radius 2 is 1.92 bits per heavy atom. The number of nitrogens with one attached hydrogen (secondary N) is 1. The number of carbonyl (C=O) groups is 1. The molecule has 1 aromatic heterocycles. The van der Waals surface area contributed by atoms with Crippen LogP contribution in [-0.2, 0) is 10.2 Å². The van der Waals surface area contributed by atoms with Crippen LogP contribution in [0.4, 0.5) is 0 Å². The Bertz CT molecular complexity index is 998. The minimum absolute atomic E-state index is 0.209. The Labute approximate surface area is 152 Å². The number of aromatic nitrogens is 1. The van der Waals surface area contributed by atoms with E-state index in [0.717, 1.165) is 5.56 Å². The molecule has 1 amide bonds. The van der Waals surface area contributed by atoms with E-state index in [-0.39, 0.29) is 11.3 Å². The van der Waals surface area contributed by atoms with E-state index >= 15 is 0 Å². The lowest BCUT2D eigenvalue weighted by Crippen LogP contribution is -2.41. The van der Waals surface area contributed by atoms with Gasteiger partial charge in [-0.2, -0.15) is 0 Å². The Kier molecular flexibility index (Phi) is 4.72. The average Bonchev–Trinajstić information content (AvgIpc) is 2.94. The molecule has 136 valence electrons. The lowest BCUT2D eigenvalue weighted by molar-refractivity contribution is -0.124. The van der Waals surface area contributed by atoms with E-state index < -0.39 is 11.8 Å². The van der Waals surface area contributed by atoms with Crippen molar-refractivity contribution in [2.75, 3.05) is 6.54 Å². The van der Waals surface area contributed by atoms with Crippen molar-refractivity contribution in [2.45, 2.75) is 39.2 Å². The molecule has 3 rings (SSSR count). The molecule has 5 nitrogen and oxygen atoms in total. The smallest absolute Gasteiger partial charge is 0.408 e. The number of hydrogen-bond donors (Lipinski definition) is 1. The Morgan fingerprint density at radius 3 is 2.65 bits per heavy atom. The fourth-order valence-corrected chi connectivity index (χ4v) is 3.09. The van der Waals surface area contributed by atoms with Gasteiger partial charge in [0, 0.05) is 12.0 Å². The molecule has 3 aromatic rings. The highest BCUT2D eigenvalue weighted by molar-refractivity contribution is 5.83. The number of rotatable bonds is 5. The van der Waals surface area contributed by atoms with Gasteiger partial charge in [-0.05, 0) is 31.5 Å². The largest absolute Gasteiger partial charge is 0.420 e. The van der Waals surface area contributed by atoms with Crippen LogP contribution < -0.4 is 11.1 Å². The van der Waals surface area contributed by atoms with Crippen molar-refractivity contribution in [2.24, 2.45) is 0 Å². The Balaban J connectivity index is 1.77. The number of carbonyl (C=O) groups excluding carboxylic acids is 1. The average molecular weight is 352 g/mol. The topological polar surface area (TPSA) is 64.2 Å². The van der Waals surface area contributed by atoms with Gasteiger partial charge in [0.15, 0.2) is 5.58 Å². The van der Waals surface area contributed by atoms with Crippen molar-refractivity contribution >= 4 is 17.0 Å². The number of fused-ring (bicyclic) bond motifs is 1. The first kappa shape index (κ1) is 18.0. The molecule has 0 aliphatic rings. The normalized spacial score (nSPS) is 12.9. The first-order chi connectivity index (χ1) is 12.3. The van der Waals surface area contributed by atoms with Crippen molar-refractivity contribution < 1.29 is 9.21 Å². The third-order valence-electron chi connectivity index (χ3n) is 4.79. The maximum absolute atomic E-state index is 12.7. The van der Waals surface area contributed by atoms with E-state index in [0.29, 0.717) is 17.6 Å². The molecular formula is C21H24N2O3. The summed E-state index contributed by atoms with van der Waals surface area (Å²) in [6.07, 6.45) is 0. The highest BCUT2D eigenvalue weighted by Gasteiger charge is 2.25. The fraction of sp³-hybridized carbons (Fsp3) is 0.333. The molecule has 1 unspecified atom stereocenters. The van der Waals surface area contributed by atoms with Gasteiger partial charge in [0.2, 0.25) is 5.91 Å². The van der Waals surface area contributed by atoms with Gasteiger partial charge in [0.25, 0.3) is 0 Å². The summed E-state index contributed by atoms with van der Waals surface area (Å²) < 4.78 is 6.62. The summed E-state index contributed by atoms with van der Waals surface area (Å²) in [5, 5.41) is 2.98. The van der Waals surface area contributed by atoms with Crippen LogP contribution in [0.25, 0.3) is 11.1 Å². The van der Waals surface area contributed by atoms with Crippen LogP contribution in [0.15, 0.2) is 57.7 Å². The van der Waals surface area contributed by atoms with Crippen LogP contribution >= 0.6 is 0 Å². The quantitative estimate of drug-likeness (QED) is 0.764. The maximum atomic E-state index is 12.7. The monoisotopic (exact) mass is 352 g/mol. The summed E-state index contributed by atoms with van der Waals surface area (Å²) in [5.74, 6) is -0.730. The molecular weight excluding hydrogens is 328 g/mol. The molecule has 0 saturated heterocycles. The van der Waals surface area contributed by atoms with E-state index in [9.17, 15) is 9.59 Å². The number of amides is 1. The van der Waals surface area contributed by atoms with Crippen LogP contribution in [0.5, 0.6) is 0 Å². The molecule has 1 N–H and O–H groups in total. The lowest BCUT2D eigenvalue weighted by atomic mass is 9.84. The van der Waals surface area contributed by atoms with Crippen LogP contribution in [-0.4, -0.2) is 17.0 Å². The van der Waals surface area contributed by atoms with Crippen LogP contribution in [0, 0.1) is 6.92 Å². The number of oxazole rings is 1. The molecule has 0 fully saturated rings.